The summed E-state index contributed by atoms with van der Waals surface area (Å²) in [6, 6.07) is 4.46. The van der Waals surface area contributed by atoms with Crippen molar-refractivity contribution in [1.29, 1.82) is 0 Å². The van der Waals surface area contributed by atoms with Crippen molar-refractivity contribution in [1.82, 2.24) is 10.3 Å². The second-order valence-corrected chi connectivity index (χ2v) is 4.28. The summed E-state index contributed by atoms with van der Waals surface area (Å²) in [5.41, 5.74) is 7.27. The number of pyridine rings is 1. The molecule has 2 rings (SSSR count). The summed E-state index contributed by atoms with van der Waals surface area (Å²) < 4.78 is 0. The minimum atomic E-state index is 0.184. The molecule has 0 aromatic carbocycles. The number of nitrogens with two attached hydrogens (primary N) is 1. The van der Waals surface area contributed by atoms with Crippen LogP contribution in [-0.2, 0) is 0 Å². The predicted octanol–water partition coefficient (Wildman–Crippen LogP) is 1.08. The molecule has 0 unspecified atom stereocenters. The average Bonchev–Trinajstić information content (AvgIpc) is 2.63. The summed E-state index contributed by atoms with van der Waals surface area (Å²) in [5.74, 6) is 0. The third kappa shape index (κ3) is 1.53. The van der Waals surface area contributed by atoms with Crippen molar-refractivity contribution in [3.8, 4) is 0 Å². The van der Waals surface area contributed by atoms with Gasteiger partial charge in [0.15, 0.2) is 0 Å². The molecule has 3 nitrogen and oxygen atoms in total. The number of nitrogens with one attached hydrogen (secondary N) is 1. The van der Waals surface area contributed by atoms with E-state index in [1.54, 1.807) is 6.20 Å². The predicted molar refractivity (Wildman–Crippen MR) is 56.8 cm³/mol. The molecule has 1 aromatic rings. The van der Waals surface area contributed by atoms with Crippen molar-refractivity contribution in [2.45, 2.75) is 19.4 Å². The summed E-state index contributed by atoms with van der Waals surface area (Å²) in [4.78, 5) is 4.15. The van der Waals surface area contributed by atoms with Crippen LogP contribution < -0.4 is 11.1 Å². The van der Waals surface area contributed by atoms with Gasteiger partial charge in [0, 0.05) is 23.9 Å². The summed E-state index contributed by atoms with van der Waals surface area (Å²) in [7, 11) is 0. The normalized spacial score (nSPS) is 32.0. The largest absolute Gasteiger partial charge is 0.330 e. The average molecular weight is 191 g/mol. The molecule has 1 aliphatic rings. The van der Waals surface area contributed by atoms with Crippen LogP contribution in [0.5, 0.6) is 0 Å². The smallest absolute Gasteiger partial charge is 0.0402 e. The van der Waals surface area contributed by atoms with Gasteiger partial charge < -0.3 is 11.1 Å². The van der Waals surface area contributed by atoms with Crippen LogP contribution in [0.4, 0.5) is 0 Å². The molecule has 3 heteroatoms. The molecule has 1 saturated heterocycles. The van der Waals surface area contributed by atoms with Crippen LogP contribution in [0.1, 0.15) is 24.9 Å². The first-order chi connectivity index (χ1) is 6.76. The Hall–Kier alpha value is -0.930. The molecule has 1 fully saturated rings. The highest BCUT2D eigenvalue weighted by molar-refractivity contribution is 5.19. The molecule has 0 aliphatic carbocycles. The van der Waals surface area contributed by atoms with Gasteiger partial charge in [-0.3, -0.25) is 4.98 Å². The number of nitrogens with zero attached hydrogens (tertiary/aromatic N) is 1. The number of aromatic nitrogens is 1. The first-order valence-corrected chi connectivity index (χ1v) is 5.10. The van der Waals surface area contributed by atoms with Crippen molar-refractivity contribution in [2.75, 3.05) is 13.1 Å². The molecule has 3 N–H and O–H groups in total. The minimum absolute atomic E-state index is 0.184. The van der Waals surface area contributed by atoms with E-state index in [4.69, 9.17) is 5.73 Å². The van der Waals surface area contributed by atoms with E-state index in [-0.39, 0.29) is 5.41 Å². The van der Waals surface area contributed by atoms with Gasteiger partial charge >= 0.3 is 0 Å². The molecule has 0 radical (unpaired) electrons. The van der Waals surface area contributed by atoms with Crippen LogP contribution in [0.2, 0.25) is 0 Å². The first-order valence-electron chi connectivity index (χ1n) is 5.10. The molecule has 2 heterocycles. The van der Waals surface area contributed by atoms with E-state index in [1.165, 1.54) is 5.56 Å². The Morgan fingerprint density at radius 2 is 2.57 bits per heavy atom. The molecular weight excluding hydrogens is 174 g/mol. The number of hydrogen-bond donors (Lipinski definition) is 2. The van der Waals surface area contributed by atoms with Gasteiger partial charge in [0.2, 0.25) is 0 Å². The zero-order chi connectivity index (χ0) is 10.0. The quantitative estimate of drug-likeness (QED) is 0.735. The summed E-state index contributed by atoms with van der Waals surface area (Å²) in [5, 5.41) is 3.49. The number of rotatable bonds is 2. The Kier molecular flexibility index (Phi) is 2.52. The van der Waals surface area contributed by atoms with Gasteiger partial charge in [-0.05, 0) is 31.1 Å². The van der Waals surface area contributed by atoms with Crippen LogP contribution in [0.15, 0.2) is 24.5 Å². The fraction of sp³-hybridized carbons (Fsp3) is 0.545. The van der Waals surface area contributed by atoms with Gasteiger partial charge in [-0.1, -0.05) is 13.0 Å². The highest BCUT2D eigenvalue weighted by Crippen LogP contribution is 2.39. The molecule has 0 bridgehead atoms. The Labute approximate surface area is 84.7 Å². The van der Waals surface area contributed by atoms with Crippen LogP contribution >= 0.6 is 0 Å². The third-order valence-corrected chi connectivity index (χ3v) is 3.23. The van der Waals surface area contributed by atoms with Gasteiger partial charge in [0.1, 0.15) is 0 Å². The van der Waals surface area contributed by atoms with E-state index in [1.807, 2.05) is 12.3 Å². The van der Waals surface area contributed by atoms with Crippen LogP contribution in [0.3, 0.4) is 0 Å². The van der Waals surface area contributed by atoms with Crippen LogP contribution in [-0.4, -0.2) is 18.1 Å². The van der Waals surface area contributed by atoms with Crippen molar-refractivity contribution in [3.63, 3.8) is 0 Å². The zero-order valence-electron chi connectivity index (χ0n) is 8.53. The van der Waals surface area contributed by atoms with Crippen molar-refractivity contribution in [3.05, 3.63) is 30.1 Å². The summed E-state index contributed by atoms with van der Waals surface area (Å²) in [6.45, 7) is 4.01. The molecule has 2 atom stereocenters. The van der Waals surface area contributed by atoms with E-state index < -0.39 is 0 Å². The molecular formula is C11H17N3. The second kappa shape index (κ2) is 3.67. The Balaban J connectivity index is 2.26. The van der Waals surface area contributed by atoms with E-state index in [0.29, 0.717) is 6.04 Å². The standard InChI is InChI=1S/C11H17N3/c1-11(8-12)4-6-14-10(11)9-3-2-5-13-7-9/h2-3,5,7,10,14H,4,6,8,12H2,1H3/t10-,11-/m0/s1. The lowest BCUT2D eigenvalue weighted by Crippen LogP contribution is -2.33. The third-order valence-electron chi connectivity index (χ3n) is 3.23. The highest BCUT2D eigenvalue weighted by atomic mass is 15.0. The molecule has 76 valence electrons. The SMILES string of the molecule is C[C@@]1(CN)CCN[C@H]1c1cccnc1. The van der Waals surface area contributed by atoms with Gasteiger partial charge in [-0.15, -0.1) is 0 Å². The van der Waals surface area contributed by atoms with E-state index in [0.717, 1.165) is 19.5 Å². The lowest BCUT2D eigenvalue weighted by Gasteiger charge is -2.29. The second-order valence-electron chi connectivity index (χ2n) is 4.28. The van der Waals surface area contributed by atoms with Gasteiger partial charge in [0.25, 0.3) is 0 Å². The van der Waals surface area contributed by atoms with Gasteiger partial charge in [-0.25, -0.2) is 0 Å². The first kappa shape index (κ1) is 9.62. The molecule has 14 heavy (non-hydrogen) atoms. The topological polar surface area (TPSA) is 50.9 Å². The molecule has 1 aromatic heterocycles. The molecule has 0 amide bonds. The molecule has 1 aliphatic heterocycles. The van der Waals surface area contributed by atoms with E-state index >= 15 is 0 Å². The molecule has 0 spiro atoms. The van der Waals surface area contributed by atoms with Gasteiger partial charge in [0.05, 0.1) is 0 Å². The lowest BCUT2D eigenvalue weighted by molar-refractivity contribution is 0.294. The maximum Gasteiger partial charge on any atom is 0.0402 e. The monoisotopic (exact) mass is 191 g/mol. The summed E-state index contributed by atoms with van der Waals surface area (Å²) >= 11 is 0. The van der Waals surface area contributed by atoms with Crippen molar-refractivity contribution in [2.24, 2.45) is 11.1 Å². The lowest BCUT2D eigenvalue weighted by atomic mass is 9.80. The van der Waals surface area contributed by atoms with Crippen molar-refractivity contribution >= 4 is 0 Å². The molecule has 0 saturated carbocycles. The van der Waals surface area contributed by atoms with Crippen molar-refractivity contribution < 1.29 is 0 Å². The highest BCUT2D eigenvalue weighted by Gasteiger charge is 2.38. The zero-order valence-corrected chi connectivity index (χ0v) is 8.53. The maximum absolute atomic E-state index is 5.84. The fourth-order valence-corrected chi connectivity index (χ4v) is 2.18. The Bertz CT molecular complexity index is 299. The van der Waals surface area contributed by atoms with Crippen LogP contribution in [0.25, 0.3) is 0 Å². The van der Waals surface area contributed by atoms with E-state index in [2.05, 4.69) is 23.3 Å². The maximum atomic E-state index is 5.84. The summed E-state index contributed by atoms with van der Waals surface area (Å²) in [6.07, 6.45) is 4.87. The van der Waals surface area contributed by atoms with Crippen LogP contribution in [0, 0.1) is 5.41 Å². The van der Waals surface area contributed by atoms with Gasteiger partial charge in [-0.2, -0.15) is 0 Å². The minimum Gasteiger partial charge on any atom is -0.330 e. The Morgan fingerprint density at radius 1 is 1.71 bits per heavy atom. The Morgan fingerprint density at radius 3 is 3.21 bits per heavy atom. The van der Waals surface area contributed by atoms with E-state index in [9.17, 15) is 0 Å². The number of hydrogen-bond acceptors (Lipinski definition) is 3. The fourth-order valence-electron chi connectivity index (χ4n) is 2.18.